The SMILES string of the molecule is COc1ccc(CC(=O)Nc2cc(CC(=O)O)ccc2O)cc1. The molecule has 0 heterocycles. The fourth-order valence-electron chi connectivity index (χ4n) is 2.09. The van der Waals surface area contributed by atoms with Crippen LogP contribution in [0.25, 0.3) is 0 Å². The number of carboxylic acid groups (broad SMARTS) is 1. The van der Waals surface area contributed by atoms with Crippen molar-refractivity contribution in [3.05, 3.63) is 53.6 Å². The van der Waals surface area contributed by atoms with Gasteiger partial charge in [-0.1, -0.05) is 18.2 Å². The first-order valence-corrected chi connectivity index (χ1v) is 6.94. The molecule has 0 aliphatic heterocycles. The fourth-order valence-corrected chi connectivity index (χ4v) is 2.09. The minimum absolute atomic E-state index is 0.109. The predicted octanol–water partition coefficient (Wildman–Crippen LogP) is 2.21. The number of aliphatic carboxylic acids is 1. The van der Waals surface area contributed by atoms with Gasteiger partial charge in [0, 0.05) is 0 Å². The van der Waals surface area contributed by atoms with Crippen LogP contribution in [0, 0.1) is 0 Å². The van der Waals surface area contributed by atoms with E-state index < -0.39 is 5.97 Å². The van der Waals surface area contributed by atoms with E-state index >= 15 is 0 Å². The van der Waals surface area contributed by atoms with E-state index in [1.807, 2.05) is 0 Å². The number of anilines is 1. The zero-order valence-corrected chi connectivity index (χ0v) is 12.6. The fraction of sp³-hybridized carbons (Fsp3) is 0.176. The van der Waals surface area contributed by atoms with Crippen molar-refractivity contribution in [1.82, 2.24) is 0 Å². The number of hydrogen-bond donors (Lipinski definition) is 3. The molecule has 6 nitrogen and oxygen atoms in total. The zero-order valence-electron chi connectivity index (χ0n) is 12.6. The van der Waals surface area contributed by atoms with Gasteiger partial charge in [-0.05, 0) is 35.4 Å². The molecule has 2 rings (SSSR count). The molecular weight excluding hydrogens is 298 g/mol. The number of nitrogens with one attached hydrogen (secondary N) is 1. The minimum atomic E-state index is -0.980. The van der Waals surface area contributed by atoms with E-state index in [0.29, 0.717) is 11.3 Å². The van der Waals surface area contributed by atoms with Crippen LogP contribution in [0.3, 0.4) is 0 Å². The highest BCUT2D eigenvalue weighted by molar-refractivity contribution is 5.93. The number of hydrogen-bond acceptors (Lipinski definition) is 4. The first-order valence-electron chi connectivity index (χ1n) is 6.94. The van der Waals surface area contributed by atoms with Crippen molar-refractivity contribution in [2.75, 3.05) is 12.4 Å². The number of carboxylic acids is 1. The highest BCUT2D eigenvalue weighted by atomic mass is 16.5. The van der Waals surface area contributed by atoms with Gasteiger partial charge in [0.05, 0.1) is 25.6 Å². The van der Waals surface area contributed by atoms with Gasteiger partial charge in [0.1, 0.15) is 11.5 Å². The number of amides is 1. The summed E-state index contributed by atoms with van der Waals surface area (Å²) in [7, 11) is 1.56. The second-order valence-electron chi connectivity index (χ2n) is 5.00. The molecule has 3 N–H and O–H groups in total. The van der Waals surface area contributed by atoms with Gasteiger partial charge in [-0.25, -0.2) is 0 Å². The Labute approximate surface area is 133 Å². The number of phenols is 1. The second kappa shape index (κ2) is 7.31. The van der Waals surface area contributed by atoms with Gasteiger partial charge in [-0.15, -0.1) is 0 Å². The number of ether oxygens (including phenoxy) is 1. The van der Waals surface area contributed by atoms with Gasteiger partial charge in [-0.3, -0.25) is 9.59 Å². The van der Waals surface area contributed by atoms with Gasteiger partial charge >= 0.3 is 5.97 Å². The van der Waals surface area contributed by atoms with Crippen LogP contribution in [0.4, 0.5) is 5.69 Å². The molecule has 0 aliphatic rings. The molecule has 0 atom stereocenters. The number of aromatic hydroxyl groups is 1. The van der Waals surface area contributed by atoms with E-state index in [4.69, 9.17) is 9.84 Å². The van der Waals surface area contributed by atoms with Gasteiger partial charge < -0.3 is 20.3 Å². The lowest BCUT2D eigenvalue weighted by Gasteiger charge is -2.09. The molecule has 0 aromatic heterocycles. The standard InChI is InChI=1S/C17H17NO5/c1-23-13-5-2-11(3-6-13)9-16(20)18-14-8-12(10-17(21)22)4-7-15(14)19/h2-8,19H,9-10H2,1H3,(H,18,20)(H,21,22). The number of benzene rings is 2. The van der Waals surface area contributed by atoms with Crippen LogP contribution in [0.2, 0.25) is 0 Å². The molecule has 0 unspecified atom stereocenters. The van der Waals surface area contributed by atoms with Crippen molar-refractivity contribution in [2.45, 2.75) is 12.8 Å². The van der Waals surface area contributed by atoms with Crippen LogP contribution < -0.4 is 10.1 Å². The summed E-state index contributed by atoms with van der Waals surface area (Å²) in [4.78, 5) is 22.8. The Balaban J connectivity index is 2.05. The zero-order chi connectivity index (χ0) is 16.8. The molecule has 0 aliphatic carbocycles. The third-order valence-corrected chi connectivity index (χ3v) is 3.21. The summed E-state index contributed by atoms with van der Waals surface area (Å²) in [5.41, 5.74) is 1.49. The van der Waals surface area contributed by atoms with Crippen LogP contribution in [-0.4, -0.2) is 29.2 Å². The summed E-state index contributed by atoms with van der Waals surface area (Å²) in [6.45, 7) is 0. The molecule has 2 aromatic carbocycles. The van der Waals surface area contributed by atoms with E-state index in [1.165, 1.54) is 18.2 Å². The number of carbonyl (C=O) groups excluding carboxylic acids is 1. The third-order valence-electron chi connectivity index (χ3n) is 3.21. The first-order chi connectivity index (χ1) is 11.0. The molecule has 0 spiro atoms. The lowest BCUT2D eigenvalue weighted by Crippen LogP contribution is -2.14. The average Bonchev–Trinajstić information content (AvgIpc) is 2.51. The average molecular weight is 315 g/mol. The van der Waals surface area contributed by atoms with E-state index in [1.54, 1.807) is 31.4 Å². The summed E-state index contributed by atoms with van der Waals surface area (Å²) >= 11 is 0. The smallest absolute Gasteiger partial charge is 0.307 e. The number of rotatable bonds is 6. The maximum atomic E-state index is 12.1. The Hall–Kier alpha value is -3.02. The Kier molecular flexibility index (Phi) is 5.19. The van der Waals surface area contributed by atoms with Crippen molar-refractivity contribution in [2.24, 2.45) is 0 Å². The molecule has 0 fully saturated rings. The third kappa shape index (κ3) is 4.74. The highest BCUT2D eigenvalue weighted by Crippen LogP contribution is 2.24. The summed E-state index contributed by atoms with van der Waals surface area (Å²) in [6.07, 6.45) is -0.0474. The highest BCUT2D eigenvalue weighted by Gasteiger charge is 2.10. The molecule has 1 amide bonds. The van der Waals surface area contributed by atoms with E-state index in [0.717, 1.165) is 5.56 Å². The van der Waals surface area contributed by atoms with E-state index in [-0.39, 0.29) is 30.2 Å². The molecule has 0 saturated carbocycles. The van der Waals surface area contributed by atoms with Crippen molar-refractivity contribution in [3.63, 3.8) is 0 Å². The minimum Gasteiger partial charge on any atom is -0.506 e. The van der Waals surface area contributed by atoms with Gasteiger partial charge in [-0.2, -0.15) is 0 Å². The van der Waals surface area contributed by atoms with E-state index in [2.05, 4.69) is 5.32 Å². The van der Waals surface area contributed by atoms with Crippen LogP contribution in [0.5, 0.6) is 11.5 Å². The monoisotopic (exact) mass is 315 g/mol. The maximum absolute atomic E-state index is 12.1. The summed E-state index contributed by atoms with van der Waals surface area (Å²) in [6, 6.07) is 11.4. The quantitative estimate of drug-likeness (QED) is 0.710. The van der Waals surface area contributed by atoms with Crippen LogP contribution in [0.15, 0.2) is 42.5 Å². The van der Waals surface area contributed by atoms with E-state index in [9.17, 15) is 14.7 Å². The molecule has 0 radical (unpaired) electrons. The summed E-state index contributed by atoms with van der Waals surface area (Å²) in [5.74, 6) is -0.695. The van der Waals surface area contributed by atoms with Crippen molar-refractivity contribution in [3.8, 4) is 11.5 Å². The molecule has 23 heavy (non-hydrogen) atoms. The topological polar surface area (TPSA) is 95.9 Å². The number of methoxy groups -OCH3 is 1. The van der Waals surface area contributed by atoms with Gasteiger partial charge in [0.25, 0.3) is 0 Å². The molecule has 120 valence electrons. The Bertz CT molecular complexity index is 709. The molecule has 2 aromatic rings. The Morgan fingerprint density at radius 1 is 1.04 bits per heavy atom. The van der Waals surface area contributed by atoms with Crippen LogP contribution in [0.1, 0.15) is 11.1 Å². The van der Waals surface area contributed by atoms with Gasteiger partial charge in [0.2, 0.25) is 5.91 Å². The number of carbonyl (C=O) groups is 2. The van der Waals surface area contributed by atoms with Crippen molar-refractivity contribution in [1.29, 1.82) is 0 Å². The van der Waals surface area contributed by atoms with Gasteiger partial charge in [0.15, 0.2) is 0 Å². The number of phenolic OH excluding ortho intramolecular Hbond substituents is 1. The molecule has 0 bridgehead atoms. The van der Waals surface area contributed by atoms with Crippen molar-refractivity contribution < 1.29 is 24.5 Å². The Morgan fingerprint density at radius 3 is 2.30 bits per heavy atom. The molecule has 6 heteroatoms. The predicted molar refractivity (Wildman–Crippen MR) is 84.8 cm³/mol. The summed E-state index contributed by atoms with van der Waals surface area (Å²) in [5, 5.41) is 21.1. The first kappa shape index (κ1) is 16.4. The van der Waals surface area contributed by atoms with Crippen LogP contribution >= 0.6 is 0 Å². The summed E-state index contributed by atoms with van der Waals surface area (Å²) < 4.78 is 5.05. The maximum Gasteiger partial charge on any atom is 0.307 e. The largest absolute Gasteiger partial charge is 0.506 e. The van der Waals surface area contributed by atoms with Crippen LogP contribution in [-0.2, 0) is 22.4 Å². The Morgan fingerprint density at radius 2 is 1.70 bits per heavy atom. The normalized spacial score (nSPS) is 10.1. The molecular formula is C17H17NO5. The van der Waals surface area contributed by atoms with Crippen molar-refractivity contribution >= 4 is 17.6 Å². The second-order valence-corrected chi connectivity index (χ2v) is 5.00. The molecule has 0 saturated heterocycles. The lowest BCUT2D eigenvalue weighted by molar-refractivity contribution is -0.136. The lowest BCUT2D eigenvalue weighted by atomic mass is 10.1.